The van der Waals surface area contributed by atoms with E-state index in [1.54, 1.807) is 12.1 Å². The van der Waals surface area contributed by atoms with Crippen molar-refractivity contribution in [3.63, 3.8) is 0 Å². The van der Waals surface area contributed by atoms with E-state index in [0.29, 0.717) is 10.9 Å². The first-order valence-electron chi connectivity index (χ1n) is 10.2. The molecule has 0 amide bonds. The fourth-order valence-electron chi connectivity index (χ4n) is 4.23. The first-order chi connectivity index (χ1) is 12.6. The third kappa shape index (κ3) is 4.85. The van der Waals surface area contributed by atoms with E-state index in [1.165, 1.54) is 38.5 Å². The smallest absolute Gasteiger partial charge is 0.240 e. The van der Waals surface area contributed by atoms with Crippen LogP contribution in [0.5, 0.6) is 0 Å². The molecule has 6 heteroatoms. The Bertz CT molecular complexity index is 694. The molecule has 0 bridgehead atoms. The number of rotatable bonds is 8. The number of nitrogens with zero attached hydrogens (tertiary/aromatic N) is 1. The molecule has 0 radical (unpaired) electrons. The second-order valence-corrected chi connectivity index (χ2v) is 10.0. The highest BCUT2D eigenvalue weighted by Crippen LogP contribution is 2.30. The average molecular weight is 378 g/mol. The number of likely N-dealkylation sites (tertiary alicyclic amines) is 1. The molecule has 1 aromatic rings. The minimum Gasteiger partial charge on any atom is -0.310 e. The van der Waals surface area contributed by atoms with E-state index in [0.717, 1.165) is 44.1 Å². The van der Waals surface area contributed by atoms with E-state index in [-0.39, 0.29) is 6.04 Å². The second kappa shape index (κ2) is 7.97. The number of sulfonamides is 1. The summed E-state index contributed by atoms with van der Waals surface area (Å²) in [5, 5.41) is 3.57. The van der Waals surface area contributed by atoms with E-state index in [2.05, 4.69) is 14.9 Å². The lowest BCUT2D eigenvalue weighted by Gasteiger charge is -2.16. The Labute approximate surface area is 157 Å². The molecule has 2 aliphatic carbocycles. The topological polar surface area (TPSA) is 61.4 Å². The Kier molecular flexibility index (Phi) is 5.64. The molecule has 144 valence electrons. The number of benzene rings is 1. The molecule has 26 heavy (non-hydrogen) atoms. The molecule has 0 spiro atoms. The van der Waals surface area contributed by atoms with E-state index >= 15 is 0 Å². The lowest BCUT2D eigenvalue weighted by atomic mass is 10.2. The van der Waals surface area contributed by atoms with E-state index in [1.807, 2.05) is 12.1 Å². The van der Waals surface area contributed by atoms with Crippen LogP contribution in [0.2, 0.25) is 0 Å². The van der Waals surface area contributed by atoms with Gasteiger partial charge in [-0.3, -0.25) is 0 Å². The summed E-state index contributed by atoms with van der Waals surface area (Å²) in [6.07, 6.45) is 8.75. The van der Waals surface area contributed by atoms with E-state index < -0.39 is 10.0 Å². The van der Waals surface area contributed by atoms with Crippen molar-refractivity contribution in [1.29, 1.82) is 0 Å². The Morgan fingerprint density at radius 3 is 2.38 bits per heavy atom. The van der Waals surface area contributed by atoms with Crippen LogP contribution in [-0.4, -0.2) is 45.0 Å². The van der Waals surface area contributed by atoms with Crippen LogP contribution in [0, 0.1) is 5.92 Å². The zero-order valence-corrected chi connectivity index (χ0v) is 16.3. The lowest BCUT2D eigenvalue weighted by Crippen LogP contribution is -2.37. The molecule has 1 aromatic carbocycles. The van der Waals surface area contributed by atoms with Crippen molar-refractivity contribution in [3.05, 3.63) is 29.8 Å². The van der Waals surface area contributed by atoms with Gasteiger partial charge in [-0.2, -0.15) is 0 Å². The van der Waals surface area contributed by atoms with Crippen molar-refractivity contribution in [2.24, 2.45) is 5.92 Å². The van der Waals surface area contributed by atoms with Gasteiger partial charge in [0.15, 0.2) is 0 Å². The number of hydrogen-bond donors (Lipinski definition) is 2. The molecular weight excluding hydrogens is 346 g/mol. The Morgan fingerprint density at radius 2 is 1.69 bits per heavy atom. The molecule has 1 saturated heterocycles. The summed E-state index contributed by atoms with van der Waals surface area (Å²) in [6, 6.07) is 8.02. The lowest BCUT2D eigenvalue weighted by molar-refractivity contribution is 0.318. The standard InChI is InChI=1S/C20H31N3O2S/c24-26(25,22-19-11-12-23(15-19)14-17-5-6-17)20-9-7-16(8-10-20)13-21-18-3-1-2-4-18/h7-10,17-19,21-22H,1-6,11-15H2/t19-/m1/s1. The second-order valence-electron chi connectivity index (χ2n) is 8.32. The van der Waals surface area contributed by atoms with Crippen LogP contribution in [0.3, 0.4) is 0 Å². The van der Waals surface area contributed by atoms with Crippen LogP contribution in [0.1, 0.15) is 50.5 Å². The first-order valence-corrected chi connectivity index (χ1v) is 11.6. The minimum absolute atomic E-state index is 0.0439. The van der Waals surface area contributed by atoms with Crippen molar-refractivity contribution in [1.82, 2.24) is 14.9 Å². The molecule has 3 aliphatic rings. The molecule has 2 N–H and O–H groups in total. The summed E-state index contributed by atoms with van der Waals surface area (Å²) in [5.41, 5.74) is 1.15. The van der Waals surface area contributed by atoms with Crippen LogP contribution < -0.4 is 10.0 Å². The van der Waals surface area contributed by atoms with Crippen molar-refractivity contribution in [2.45, 2.75) is 68.5 Å². The van der Waals surface area contributed by atoms with Gasteiger partial charge >= 0.3 is 0 Å². The molecule has 1 heterocycles. The summed E-state index contributed by atoms with van der Waals surface area (Å²) < 4.78 is 28.2. The van der Waals surface area contributed by atoms with Gasteiger partial charge in [-0.1, -0.05) is 25.0 Å². The molecule has 3 fully saturated rings. The molecule has 0 aromatic heterocycles. The van der Waals surface area contributed by atoms with Gasteiger partial charge in [-0.25, -0.2) is 13.1 Å². The highest BCUT2D eigenvalue weighted by Gasteiger charge is 2.31. The van der Waals surface area contributed by atoms with Crippen LogP contribution in [-0.2, 0) is 16.6 Å². The predicted molar refractivity (Wildman–Crippen MR) is 103 cm³/mol. The van der Waals surface area contributed by atoms with Gasteiger partial charge in [0.1, 0.15) is 0 Å². The maximum absolute atomic E-state index is 12.7. The summed E-state index contributed by atoms with van der Waals surface area (Å²) >= 11 is 0. The maximum Gasteiger partial charge on any atom is 0.240 e. The summed E-state index contributed by atoms with van der Waals surface area (Å²) in [5.74, 6) is 0.857. The Morgan fingerprint density at radius 1 is 0.962 bits per heavy atom. The zero-order valence-electron chi connectivity index (χ0n) is 15.5. The van der Waals surface area contributed by atoms with Crippen molar-refractivity contribution >= 4 is 10.0 Å². The van der Waals surface area contributed by atoms with Crippen molar-refractivity contribution < 1.29 is 8.42 Å². The summed E-state index contributed by atoms with van der Waals surface area (Å²) in [6.45, 7) is 3.81. The van der Waals surface area contributed by atoms with Crippen LogP contribution in [0.4, 0.5) is 0 Å². The SMILES string of the molecule is O=S(=O)(N[C@@H]1CCN(CC2CC2)C1)c1ccc(CNC2CCCC2)cc1. The first kappa shape index (κ1) is 18.4. The fraction of sp³-hybridized carbons (Fsp3) is 0.700. The van der Waals surface area contributed by atoms with Gasteiger partial charge in [0.25, 0.3) is 0 Å². The summed E-state index contributed by atoms with van der Waals surface area (Å²) in [4.78, 5) is 2.78. The molecule has 5 nitrogen and oxygen atoms in total. The van der Waals surface area contributed by atoms with Gasteiger partial charge in [-0.05, 0) is 62.3 Å². The third-order valence-electron chi connectivity index (χ3n) is 5.99. The zero-order chi connectivity index (χ0) is 18.0. The Balaban J connectivity index is 1.29. The number of nitrogens with one attached hydrogen (secondary N) is 2. The largest absolute Gasteiger partial charge is 0.310 e. The third-order valence-corrected chi connectivity index (χ3v) is 7.53. The maximum atomic E-state index is 12.7. The van der Waals surface area contributed by atoms with Crippen LogP contribution >= 0.6 is 0 Å². The van der Waals surface area contributed by atoms with Crippen molar-refractivity contribution in [3.8, 4) is 0 Å². The van der Waals surface area contributed by atoms with Gasteiger partial charge in [-0.15, -0.1) is 0 Å². The molecular formula is C20H31N3O2S. The summed E-state index contributed by atoms with van der Waals surface area (Å²) in [7, 11) is -3.42. The highest BCUT2D eigenvalue weighted by molar-refractivity contribution is 7.89. The molecule has 1 aliphatic heterocycles. The molecule has 4 rings (SSSR count). The van der Waals surface area contributed by atoms with E-state index in [4.69, 9.17) is 0 Å². The molecule has 1 atom stereocenters. The highest BCUT2D eigenvalue weighted by atomic mass is 32.2. The van der Waals surface area contributed by atoms with Gasteiger partial charge in [0.2, 0.25) is 10.0 Å². The van der Waals surface area contributed by atoms with Crippen molar-refractivity contribution in [2.75, 3.05) is 19.6 Å². The average Bonchev–Trinajstić information content (AvgIpc) is 3.09. The van der Waals surface area contributed by atoms with E-state index in [9.17, 15) is 8.42 Å². The minimum atomic E-state index is -3.42. The van der Waals surface area contributed by atoms with Crippen LogP contribution in [0.25, 0.3) is 0 Å². The molecule has 0 unspecified atom stereocenters. The fourth-order valence-corrected chi connectivity index (χ4v) is 5.49. The van der Waals surface area contributed by atoms with Crippen LogP contribution in [0.15, 0.2) is 29.2 Å². The quantitative estimate of drug-likeness (QED) is 0.731. The normalized spacial score (nSPS) is 25.2. The molecule has 2 saturated carbocycles. The monoisotopic (exact) mass is 377 g/mol. The van der Waals surface area contributed by atoms with Gasteiger partial charge in [0.05, 0.1) is 4.90 Å². The predicted octanol–water partition coefficient (Wildman–Crippen LogP) is 2.48. The van der Waals surface area contributed by atoms with Gasteiger partial charge in [0, 0.05) is 31.7 Å². The number of hydrogen-bond acceptors (Lipinski definition) is 4. The Hall–Kier alpha value is -0.950. The van der Waals surface area contributed by atoms with Gasteiger partial charge < -0.3 is 10.2 Å².